The average molecular weight is 324 g/mol. The first kappa shape index (κ1) is 13.7. The SMILES string of the molecule is O=c1c2c(cnn1-c1ccccc1)S[C@@H](c1ccccc1)S2. The second kappa shape index (κ2) is 5.66. The number of nitrogens with zero attached hydrogens (tertiary/aromatic N) is 2. The maximum absolute atomic E-state index is 12.7. The highest BCUT2D eigenvalue weighted by atomic mass is 32.2. The van der Waals surface area contributed by atoms with Crippen LogP contribution in [-0.4, -0.2) is 9.78 Å². The van der Waals surface area contributed by atoms with Crippen molar-refractivity contribution in [3.8, 4) is 5.69 Å². The number of fused-ring (bicyclic) bond motifs is 1. The quantitative estimate of drug-likeness (QED) is 0.710. The number of para-hydroxylation sites is 1. The van der Waals surface area contributed by atoms with E-state index in [-0.39, 0.29) is 10.1 Å². The van der Waals surface area contributed by atoms with Gasteiger partial charge in [0.05, 0.1) is 21.4 Å². The average Bonchev–Trinajstić information content (AvgIpc) is 3.02. The molecule has 0 aliphatic carbocycles. The Bertz CT molecular complexity index is 863. The van der Waals surface area contributed by atoms with Crippen molar-refractivity contribution in [2.24, 2.45) is 0 Å². The molecule has 5 heteroatoms. The Morgan fingerprint density at radius 2 is 1.59 bits per heavy atom. The molecule has 0 spiro atoms. The molecule has 0 bridgehead atoms. The van der Waals surface area contributed by atoms with Crippen molar-refractivity contribution >= 4 is 23.5 Å². The molecule has 1 aliphatic heterocycles. The fourth-order valence-corrected chi connectivity index (χ4v) is 5.13. The highest BCUT2D eigenvalue weighted by molar-refractivity contribution is 8.18. The Morgan fingerprint density at radius 1 is 0.909 bits per heavy atom. The van der Waals surface area contributed by atoms with Gasteiger partial charge in [-0.05, 0) is 17.7 Å². The van der Waals surface area contributed by atoms with Crippen LogP contribution in [0.4, 0.5) is 0 Å². The molecule has 0 saturated carbocycles. The van der Waals surface area contributed by atoms with Crippen molar-refractivity contribution in [3.63, 3.8) is 0 Å². The Kier molecular flexibility index (Phi) is 3.52. The van der Waals surface area contributed by atoms with Crippen molar-refractivity contribution in [2.45, 2.75) is 14.4 Å². The fraction of sp³-hybridized carbons (Fsp3) is 0.0588. The highest BCUT2D eigenvalue weighted by Crippen LogP contribution is 2.54. The van der Waals surface area contributed by atoms with E-state index in [9.17, 15) is 4.79 Å². The monoisotopic (exact) mass is 324 g/mol. The van der Waals surface area contributed by atoms with Gasteiger partial charge in [-0.3, -0.25) is 4.79 Å². The zero-order valence-electron chi connectivity index (χ0n) is 11.5. The molecule has 0 radical (unpaired) electrons. The van der Waals surface area contributed by atoms with Gasteiger partial charge >= 0.3 is 0 Å². The van der Waals surface area contributed by atoms with Crippen molar-refractivity contribution < 1.29 is 0 Å². The van der Waals surface area contributed by atoms with E-state index in [2.05, 4.69) is 17.2 Å². The number of thioether (sulfide) groups is 2. The lowest BCUT2D eigenvalue weighted by Crippen LogP contribution is -2.22. The topological polar surface area (TPSA) is 34.9 Å². The zero-order valence-corrected chi connectivity index (χ0v) is 13.2. The fourth-order valence-electron chi connectivity index (χ4n) is 2.36. The number of rotatable bonds is 2. The van der Waals surface area contributed by atoms with Crippen LogP contribution < -0.4 is 5.56 Å². The van der Waals surface area contributed by atoms with E-state index < -0.39 is 0 Å². The summed E-state index contributed by atoms with van der Waals surface area (Å²) in [5, 5.41) is 4.32. The van der Waals surface area contributed by atoms with Crippen LogP contribution in [0, 0.1) is 0 Å². The van der Waals surface area contributed by atoms with Gasteiger partial charge in [-0.1, -0.05) is 60.3 Å². The zero-order chi connectivity index (χ0) is 14.9. The first-order valence-corrected chi connectivity index (χ1v) is 8.65. The predicted molar refractivity (Wildman–Crippen MR) is 90.7 cm³/mol. The lowest BCUT2D eigenvalue weighted by Gasteiger charge is -2.06. The Morgan fingerprint density at radius 3 is 2.32 bits per heavy atom. The molecule has 1 atom stereocenters. The number of hydrogen-bond donors (Lipinski definition) is 0. The van der Waals surface area contributed by atoms with Crippen LogP contribution in [0.5, 0.6) is 0 Å². The predicted octanol–water partition coefficient (Wildman–Crippen LogP) is 4.13. The van der Waals surface area contributed by atoms with Crippen LogP contribution in [0.25, 0.3) is 5.69 Å². The maximum atomic E-state index is 12.7. The molecule has 108 valence electrons. The standard InChI is InChI=1S/C17H12N2OS2/c20-16-15-14(11-18-19(16)13-9-5-2-6-10-13)21-17(22-15)12-7-3-1-4-8-12/h1-11,17H/t17-/m1/s1. The van der Waals surface area contributed by atoms with E-state index >= 15 is 0 Å². The first-order chi connectivity index (χ1) is 10.8. The molecule has 1 aromatic heterocycles. The molecule has 4 rings (SSSR count). The van der Waals surface area contributed by atoms with E-state index in [4.69, 9.17) is 0 Å². The summed E-state index contributed by atoms with van der Waals surface area (Å²) < 4.78 is 1.69. The summed E-state index contributed by atoms with van der Waals surface area (Å²) in [5.41, 5.74) is 1.98. The van der Waals surface area contributed by atoms with Crippen molar-refractivity contribution in [2.75, 3.05) is 0 Å². The highest BCUT2D eigenvalue weighted by Gasteiger charge is 2.28. The maximum Gasteiger partial charge on any atom is 0.286 e. The summed E-state index contributed by atoms with van der Waals surface area (Å²) in [4.78, 5) is 14.5. The molecule has 0 N–H and O–H groups in total. The Labute approximate surface area is 136 Å². The van der Waals surface area contributed by atoms with Gasteiger partial charge < -0.3 is 0 Å². The van der Waals surface area contributed by atoms with E-state index in [0.717, 1.165) is 15.5 Å². The summed E-state index contributed by atoms with van der Waals surface area (Å²) >= 11 is 3.31. The summed E-state index contributed by atoms with van der Waals surface area (Å²) in [6, 6.07) is 19.8. The van der Waals surface area contributed by atoms with Crippen molar-refractivity contribution in [1.82, 2.24) is 9.78 Å². The largest absolute Gasteiger partial charge is 0.286 e. The molecule has 3 aromatic rings. The molecule has 0 unspecified atom stereocenters. The number of benzene rings is 2. The minimum Gasteiger partial charge on any atom is -0.266 e. The first-order valence-electron chi connectivity index (χ1n) is 6.89. The molecule has 2 heterocycles. The van der Waals surface area contributed by atoms with Gasteiger partial charge in [0, 0.05) is 4.90 Å². The van der Waals surface area contributed by atoms with Crippen LogP contribution >= 0.6 is 23.5 Å². The van der Waals surface area contributed by atoms with Crippen molar-refractivity contribution in [3.05, 3.63) is 82.8 Å². The van der Waals surface area contributed by atoms with Gasteiger partial charge in [0.15, 0.2) is 0 Å². The van der Waals surface area contributed by atoms with Crippen LogP contribution in [0.3, 0.4) is 0 Å². The third kappa shape index (κ3) is 2.36. The molecular weight excluding hydrogens is 312 g/mol. The second-order valence-corrected chi connectivity index (χ2v) is 7.43. The number of aromatic nitrogens is 2. The van der Waals surface area contributed by atoms with Gasteiger partial charge in [-0.2, -0.15) is 9.78 Å². The van der Waals surface area contributed by atoms with Crippen molar-refractivity contribution in [1.29, 1.82) is 0 Å². The summed E-state index contributed by atoms with van der Waals surface area (Å²) in [6.45, 7) is 0. The summed E-state index contributed by atoms with van der Waals surface area (Å²) in [6.07, 6.45) is 1.80. The summed E-state index contributed by atoms with van der Waals surface area (Å²) in [7, 11) is 0. The molecule has 1 aliphatic rings. The lowest BCUT2D eigenvalue weighted by molar-refractivity contribution is 0.758. The molecular formula is C17H12N2OS2. The second-order valence-electron chi connectivity index (χ2n) is 4.87. The normalized spacial score (nSPS) is 16.5. The molecule has 0 amide bonds. The molecule has 3 nitrogen and oxygen atoms in total. The van der Waals surface area contributed by atoms with E-state index in [1.54, 1.807) is 29.7 Å². The van der Waals surface area contributed by atoms with Crippen LogP contribution in [0.2, 0.25) is 0 Å². The van der Waals surface area contributed by atoms with Gasteiger partial charge in [-0.25, -0.2) is 0 Å². The Hall–Kier alpha value is -1.98. The van der Waals surface area contributed by atoms with E-state index in [0.29, 0.717) is 0 Å². The lowest BCUT2D eigenvalue weighted by atomic mass is 10.2. The molecule has 0 saturated heterocycles. The van der Waals surface area contributed by atoms with Gasteiger partial charge in [0.2, 0.25) is 0 Å². The minimum absolute atomic E-state index is 0.0420. The Balaban J connectivity index is 1.74. The molecule has 0 fully saturated rings. The van der Waals surface area contributed by atoms with E-state index in [1.807, 2.05) is 48.5 Å². The van der Waals surface area contributed by atoms with Crippen LogP contribution in [0.1, 0.15) is 10.1 Å². The smallest absolute Gasteiger partial charge is 0.266 e. The van der Waals surface area contributed by atoms with Gasteiger partial charge in [0.1, 0.15) is 0 Å². The summed E-state index contributed by atoms with van der Waals surface area (Å²) in [5.74, 6) is 0. The van der Waals surface area contributed by atoms with Crippen LogP contribution in [-0.2, 0) is 0 Å². The third-order valence-corrected chi connectivity index (χ3v) is 6.31. The van der Waals surface area contributed by atoms with E-state index in [1.165, 1.54) is 10.2 Å². The molecule has 2 aromatic carbocycles. The van der Waals surface area contributed by atoms with Gasteiger partial charge in [-0.15, -0.1) is 11.8 Å². The molecule has 22 heavy (non-hydrogen) atoms. The third-order valence-electron chi connectivity index (χ3n) is 3.43. The number of hydrogen-bond acceptors (Lipinski definition) is 4. The minimum atomic E-state index is -0.0420. The van der Waals surface area contributed by atoms with Crippen LogP contribution in [0.15, 0.2) is 81.4 Å². The van der Waals surface area contributed by atoms with Gasteiger partial charge in [0.25, 0.3) is 5.56 Å².